The van der Waals surface area contributed by atoms with Crippen LogP contribution in [0.4, 0.5) is 0 Å². The Morgan fingerprint density at radius 1 is 1.09 bits per heavy atom. The maximum Gasteiger partial charge on any atom is 0.123 e. The minimum atomic E-state index is 0.634. The summed E-state index contributed by atoms with van der Waals surface area (Å²) in [4.78, 5) is 2.10. The molecule has 0 fully saturated rings. The van der Waals surface area contributed by atoms with Gasteiger partial charge in [-0.05, 0) is 37.9 Å². The van der Waals surface area contributed by atoms with Crippen molar-refractivity contribution in [2.75, 3.05) is 27.2 Å². The van der Waals surface area contributed by atoms with E-state index in [0.717, 1.165) is 36.0 Å². The smallest absolute Gasteiger partial charge is 0.123 e. The van der Waals surface area contributed by atoms with Gasteiger partial charge in [0.05, 0.1) is 0 Å². The molecule has 0 saturated carbocycles. The number of benzene rings is 2. The van der Waals surface area contributed by atoms with Crippen LogP contribution in [0.15, 0.2) is 48.5 Å². The Kier molecular flexibility index (Phi) is 6.72. The fourth-order valence-corrected chi connectivity index (χ4v) is 2.41. The summed E-state index contributed by atoms with van der Waals surface area (Å²) in [6, 6.07) is 16.1. The van der Waals surface area contributed by atoms with Gasteiger partial charge in [0.15, 0.2) is 0 Å². The molecule has 0 amide bonds. The molecule has 0 atom stereocenters. The van der Waals surface area contributed by atoms with Crippen LogP contribution in [0, 0.1) is 0 Å². The highest BCUT2D eigenvalue weighted by molar-refractivity contribution is 6.30. The molecular formula is C18H23ClN2O. The van der Waals surface area contributed by atoms with Crippen LogP contribution in [0.2, 0.25) is 5.02 Å². The third kappa shape index (κ3) is 5.68. The Hall–Kier alpha value is -1.55. The van der Waals surface area contributed by atoms with Crippen LogP contribution in [-0.2, 0) is 13.1 Å². The topological polar surface area (TPSA) is 24.5 Å². The van der Waals surface area contributed by atoms with Gasteiger partial charge in [0.1, 0.15) is 12.4 Å². The van der Waals surface area contributed by atoms with Crippen LogP contribution in [0.25, 0.3) is 0 Å². The molecule has 0 unspecified atom stereocenters. The Bertz CT molecular complexity index is 573. The number of hydrogen-bond donors (Lipinski definition) is 1. The van der Waals surface area contributed by atoms with Gasteiger partial charge in [-0.3, -0.25) is 0 Å². The first-order valence-electron chi connectivity index (χ1n) is 7.46. The molecule has 3 nitrogen and oxygen atoms in total. The van der Waals surface area contributed by atoms with Gasteiger partial charge in [0, 0.05) is 30.2 Å². The maximum atomic E-state index is 6.07. The van der Waals surface area contributed by atoms with Crippen molar-refractivity contribution in [1.82, 2.24) is 10.2 Å². The van der Waals surface area contributed by atoms with Crippen molar-refractivity contribution in [3.63, 3.8) is 0 Å². The Labute approximate surface area is 137 Å². The van der Waals surface area contributed by atoms with E-state index in [-0.39, 0.29) is 0 Å². The number of nitrogens with zero attached hydrogens (tertiary/aromatic N) is 1. The summed E-state index contributed by atoms with van der Waals surface area (Å²) in [5, 5.41) is 4.12. The number of nitrogens with one attached hydrogen (secondary N) is 1. The third-order valence-corrected chi connectivity index (χ3v) is 3.45. The van der Waals surface area contributed by atoms with Gasteiger partial charge in [0.2, 0.25) is 0 Å². The van der Waals surface area contributed by atoms with Gasteiger partial charge in [-0.1, -0.05) is 41.9 Å². The summed E-state index contributed by atoms with van der Waals surface area (Å²) in [5.74, 6) is 0.902. The summed E-state index contributed by atoms with van der Waals surface area (Å²) in [6.45, 7) is 3.11. The van der Waals surface area contributed by atoms with E-state index in [9.17, 15) is 0 Å². The number of rotatable bonds is 8. The number of hydrogen-bond acceptors (Lipinski definition) is 3. The third-order valence-electron chi connectivity index (χ3n) is 3.22. The van der Waals surface area contributed by atoms with Crippen LogP contribution in [0.5, 0.6) is 5.75 Å². The molecular weight excluding hydrogens is 296 g/mol. The molecule has 0 bridgehead atoms. The van der Waals surface area contributed by atoms with Gasteiger partial charge in [-0.15, -0.1) is 0 Å². The Morgan fingerprint density at radius 2 is 1.86 bits per heavy atom. The van der Waals surface area contributed by atoms with E-state index in [1.54, 1.807) is 0 Å². The number of halogens is 1. The highest BCUT2D eigenvalue weighted by Gasteiger charge is 2.06. The molecule has 0 aliphatic heterocycles. The first kappa shape index (κ1) is 16.8. The van der Waals surface area contributed by atoms with Crippen molar-refractivity contribution < 1.29 is 4.74 Å². The summed E-state index contributed by atoms with van der Waals surface area (Å²) in [6.07, 6.45) is 0. The van der Waals surface area contributed by atoms with Crippen molar-refractivity contribution in [2.24, 2.45) is 0 Å². The molecule has 118 valence electrons. The van der Waals surface area contributed by atoms with Crippen LogP contribution >= 0.6 is 11.6 Å². The first-order valence-corrected chi connectivity index (χ1v) is 7.83. The minimum Gasteiger partial charge on any atom is -0.492 e. The van der Waals surface area contributed by atoms with E-state index in [1.165, 1.54) is 5.56 Å². The van der Waals surface area contributed by atoms with Gasteiger partial charge in [-0.25, -0.2) is 0 Å². The quantitative estimate of drug-likeness (QED) is 0.753. The van der Waals surface area contributed by atoms with Crippen molar-refractivity contribution >= 4 is 11.6 Å². The lowest BCUT2D eigenvalue weighted by Gasteiger charge is -2.15. The normalized spacial score (nSPS) is 10.9. The lowest BCUT2D eigenvalue weighted by molar-refractivity contribution is 0.303. The molecule has 0 aliphatic carbocycles. The first-order chi connectivity index (χ1) is 10.6. The monoisotopic (exact) mass is 318 g/mol. The molecule has 4 heteroatoms. The minimum absolute atomic E-state index is 0.634. The predicted molar refractivity (Wildman–Crippen MR) is 92.5 cm³/mol. The molecule has 22 heavy (non-hydrogen) atoms. The zero-order valence-electron chi connectivity index (χ0n) is 13.2. The predicted octanol–water partition coefficient (Wildman–Crippen LogP) is 3.57. The molecule has 2 rings (SSSR count). The molecule has 0 heterocycles. The van der Waals surface area contributed by atoms with E-state index in [1.807, 2.05) is 38.4 Å². The van der Waals surface area contributed by atoms with E-state index >= 15 is 0 Å². The molecule has 0 saturated heterocycles. The molecule has 2 aromatic rings. The lowest BCUT2D eigenvalue weighted by atomic mass is 10.2. The van der Waals surface area contributed by atoms with Gasteiger partial charge in [-0.2, -0.15) is 0 Å². The second-order valence-corrected chi connectivity index (χ2v) is 5.94. The van der Waals surface area contributed by atoms with Gasteiger partial charge in [0.25, 0.3) is 0 Å². The van der Waals surface area contributed by atoms with Crippen LogP contribution in [0.1, 0.15) is 11.1 Å². The van der Waals surface area contributed by atoms with Gasteiger partial charge >= 0.3 is 0 Å². The zero-order chi connectivity index (χ0) is 15.8. The van der Waals surface area contributed by atoms with Crippen molar-refractivity contribution in [1.29, 1.82) is 0 Å². The molecule has 0 aromatic heterocycles. The summed E-state index contributed by atoms with van der Waals surface area (Å²) < 4.78 is 5.88. The lowest BCUT2D eigenvalue weighted by Crippen LogP contribution is -2.21. The number of ether oxygens (including phenoxy) is 1. The second-order valence-electron chi connectivity index (χ2n) is 5.50. The summed E-state index contributed by atoms with van der Waals surface area (Å²) in [7, 11) is 4.07. The average molecular weight is 319 g/mol. The molecule has 0 spiro atoms. The van der Waals surface area contributed by atoms with Crippen molar-refractivity contribution in [3.8, 4) is 5.75 Å². The highest BCUT2D eigenvalue weighted by atomic mass is 35.5. The highest BCUT2D eigenvalue weighted by Crippen LogP contribution is 2.23. The molecule has 1 N–H and O–H groups in total. The van der Waals surface area contributed by atoms with Gasteiger partial charge < -0.3 is 15.0 Å². The molecule has 0 aliphatic rings. The fourth-order valence-electron chi connectivity index (χ4n) is 2.21. The van der Waals surface area contributed by atoms with Crippen LogP contribution in [-0.4, -0.2) is 32.1 Å². The van der Waals surface area contributed by atoms with E-state index in [2.05, 4.69) is 34.5 Å². The standard InChI is InChI=1S/C18H23ClN2O/c1-21(2)14-16-12-17(19)8-9-18(16)22-11-10-20-13-15-6-4-3-5-7-15/h3-9,12,20H,10-11,13-14H2,1-2H3. The van der Waals surface area contributed by atoms with Crippen LogP contribution in [0.3, 0.4) is 0 Å². The fraction of sp³-hybridized carbons (Fsp3) is 0.333. The Balaban J connectivity index is 1.79. The second kappa shape index (κ2) is 8.79. The summed E-state index contributed by atoms with van der Waals surface area (Å²) in [5.41, 5.74) is 2.39. The summed E-state index contributed by atoms with van der Waals surface area (Å²) >= 11 is 6.07. The SMILES string of the molecule is CN(C)Cc1cc(Cl)ccc1OCCNCc1ccccc1. The van der Waals surface area contributed by atoms with E-state index in [4.69, 9.17) is 16.3 Å². The van der Waals surface area contributed by atoms with Crippen LogP contribution < -0.4 is 10.1 Å². The largest absolute Gasteiger partial charge is 0.492 e. The molecule has 2 aromatic carbocycles. The molecule has 0 radical (unpaired) electrons. The maximum absolute atomic E-state index is 6.07. The average Bonchev–Trinajstić information content (AvgIpc) is 2.49. The van der Waals surface area contributed by atoms with E-state index < -0.39 is 0 Å². The van der Waals surface area contributed by atoms with Crippen molar-refractivity contribution in [2.45, 2.75) is 13.1 Å². The van der Waals surface area contributed by atoms with Crippen molar-refractivity contribution in [3.05, 3.63) is 64.7 Å². The Morgan fingerprint density at radius 3 is 2.59 bits per heavy atom. The van der Waals surface area contributed by atoms with E-state index in [0.29, 0.717) is 6.61 Å². The zero-order valence-corrected chi connectivity index (χ0v) is 13.9.